The molecule has 3 rings (SSSR count). The molecule has 0 atom stereocenters. The molecule has 0 radical (unpaired) electrons. The topological polar surface area (TPSA) is 61.7 Å². The average Bonchev–Trinajstić information content (AvgIpc) is 2.65. The molecule has 0 aliphatic carbocycles. The number of carbonyl (C=O) groups is 1. The highest BCUT2D eigenvalue weighted by molar-refractivity contribution is 5.89. The molecule has 0 aliphatic heterocycles. The van der Waals surface area contributed by atoms with Gasteiger partial charge in [-0.3, -0.25) is 4.79 Å². The second-order valence-corrected chi connectivity index (χ2v) is 5.55. The summed E-state index contributed by atoms with van der Waals surface area (Å²) in [5.74, 6) is -0.573. The molecule has 3 aromatic rings. The molecular formula is C21H18N2O2. The molecule has 2 N–H and O–H groups in total. The lowest BCUT2D eigenvalue weighted by Gasteiger charge is -2.16. The SMILES string of the molecule is O=C(N/N=C/c1ccccc1O)C(c1ccccc1)c1ccccc1. The number of aromatic hydroxyl groups is 1. The monoisotopic (exact) mass is 330 g/mol. The Bertz CT molecular complexity index is 822. The number of benzene rings is 3. The van der Waals surface area contributed by atoms with Crippen LogP contribution in [0, 0.1) is 0 Å². The molecule has 4 heteroatoms. The first-order valence-corrected chi connectivity index (χ1v) is 7.96. The van der Waals surface area contributed by atoms with E-state index in [2.05, 4.69) is 10.5 Å². The summed E-state index contributed by atoms with van der Waals surface area (Å²) in [6.07, 6.45) is 1.43. The number of rotatable bonds is 5. The van der Waals surface area contributed by atoms with Gasteiger partial charge < -0.3 is 5.11 Å². The minimum Gasteiger partial charge on any atom is -0.507 e. The fourth-order valence-corrected chi connectivity index (χ4v) is 2.61. The summed E-state index contributed by atoms with van der Waals surface area (Å²) in [6, 6.07) is 25.9. The maximum absolute atomic E-state index is 12.7. The van der Waals surface area contributed by atoms with E-state index in [1.807, 2.05) is 60.7 Å². The maximum atomic E-state index is 12.7. The van der Waals surface area contributed by atoms with Gasteiger partial charge in [0.1, 0.15) is 5.75 Å². The van der Waals surface area contributed by atoms with Crippen molar-refractivity contribution < 1.29 is 9.90 Å². The first-order chi connectivity index (χ1) is 12.3. The van der Waals surface area contributed by atoms with Crippen molar-refractivity contribution in [2.24, 2.45) is 5.10 Å². The number of nitrogens with one attached hydrogen (secondary N) is 1. The molecule has 3 aromatic carbocycles. The van der Waals surface area contributed by atoms with Crippen LogP contribution >= 0.6 is 0 Å². The van der Waals surface area contributed by atoms with E-state index < -0.39 is 5.92 Å². The summed E-state index contributed by atoms with van der Waals surface area (Å²) in [5, 5.41) is 13.7. The Labute approximate surface area is 146 Å². The van der Waals surface area contributed by atoms with E-state index in [4.69, 9.17) is 0 Å². The van der Waals surface area contributed by atoms with Gasteiger partial charge in [-0.25, -0.2) is 5.43 Å². The van der Waals surface area contributed by atoms with E-state index in [1.54, 1.807) is 24.3 Å². The molecule has 1 amide bonds. The minimum atomic E-state index is -0.455. The van der Waals surface area contributed by atoms with Crippen LogP contribution in [-0.4, -0.2) is 17.2 Å². The molecule has 0 aliphatic rings. The molecule has 124 valence electrons. The standard InChI is InChI=1S/C21H18N2O2/c24-19-14-8-7-13-18(19)15-22-23-21(25)20(16-9-3-1-4-10-16)17-11-5-2-6-12-17/h1-15,20,24H,(H,23,25)/b22-15+. The summed E-state index contributed by atoms with van der Waals surface area (Å²) >= 11 is 0. The largest absolute Gasteiger partial charge is 0.507 e. The van der Waals surface area contributed by atoms with Gasteiger partial charge in [0.15, 0.2) is 0 Å². The number of phenolic OH excluding ortho intramolecular Hbond substituents is 1. The summed E-state index contributed by atoms with van der Waals surface area (Å²) in [5.41, 5.74) is 4.90. The third-order valence-corrected chi connectivity index (χ3v) is 3.84. The van der Waals surface area contributed by atoms with Gasteiger partial charge in [0, 0.05) is 5.56 Å². The number of amides is 1. The number of nitrogens with zero attached hydrogens (tertiary/aromatic N) is 1. The number of phenols is 1. The summed E-state index contributed by atoms with van der Waals surface area (Å²) < 4.78 is 0. The van der Waals surface area contributed by atoms with Crippen molar-refractivity contribution in [1.82, 2.24) is 5.43 Å². The van der Waals surface area contributed by atoms with E-state index in [-0.39, 0.29) is 11.7 Å². The number of hydrogen-bond donors (Lipinski definition) is 2. The van der Waals surface area contributed by atoms with E-state index in [9.17, 15) is 9.90 Å². The summed E-state index contributed by atoms with van der Waals surface area (Å²) in [7, 11) is 0. The lowest BCUT2D eigenvalue weighted by molar-refractivity contribution is -0.121. The first kappa shape index (κ1) is 16.5. The maximum Gasteiger partial charge on any atom is 0.252 e. The van der Waals surface area contributed by atoms with Crippen LogP contribution in [0.2, 0.25) is 0 Å². The Morgan fingerprint density at radius 2 is 1.36 bits per heavy atom. The predicted octanol–water partition coefficient (Wildman–Crippen LogP) is 3.67. The van der Waals surface area contributed by atoms with Crippen molar-refractivity contribution in [1.29, 1.82) is 0 Å². The molecule has 0 bridgehead atoms. The highest BCUT2D eigenvalue weighted by Gasteiger charge is 2.22. The van der Waals surface area contributed by atoms with Crippen LogP contribution in [0.3, 0.4) is 0 Å². The normalized spacial score (nSPS) is 10.9. The Hall–Kier alpha value is -3.40. The fourth-order valence-electron chi connectivity index (χ4n) is 2.61. The highest BCUT2D eigenvalue weighted by Crippen LogP contribution is 2.24. The molecule has 0 unspecified atom stereocenters. The first-order valence-electron chi connectivity index (χ1n) is 7.96. The number of carbonyl (C=O) groups excluding carboxylic acids is 1. The van der Waals surface area contributed by atoms with Crippen LogP contribution in [0.25, 0.3) is 0 Å². The molecule has 0 saturated heterocycles. The van der Waals surface area contributed by atoms with Gasteiger partial charge in [0.25, 0.3) is 5.91 Å². The second kappa shape index (κ2) is 7.93. The van der Waals surface area contributed by atoms with Crippen LogP contribution < -0.4 is 5.43 Å². The molecule has 25 heavy (non-hydrogen) atoms. The summed E-state index contributed by atoms with van der Waals surface area (Å²) in [6.45, 7) is 0. The lowest BCUT2D eigenvalue weighted by Crippen LogP contribution is -2.26. The Morgan fingerprint density at radius 3 is 1.92 bits per heavy atom. The van der Waals surface area contributed by atoms with Crippen molar-refractivity contribution >= 4 is 12.1 Å². The van der Waals surface area contributed by atoms with Crippen molar-refractivity contribution in [2.75, 3.05) is 0 Å². The third-order valence-electron chi connectivity index (χ3n) is 3.84. The van der Waals surface area contributed by atoms with Crippen LogP contribution in [0.15, 0.2) is 90.0 Å². The van der Waals surface area contributed by atoms with Crippen LogP contribution in [-0.2, 0) is 4.79 Å². The van der Waals surface area contributed by atoms with Crippen molar-refractivity contribution in [2.45, 2.75) is 5.92 Å². The fraction of sp³-hybridized carbons (Fsp3) is 0.0476. The number of para-hydroxylation sites is 1. The van der Waals surface area contributed by atoms with Gasteiger partial charge >= 0.3 is 0 Å². The molecule has 0 fully saturated rings. The van der Waals surface area contributed by atoms with Crippen LogP contribution in [0.5, 0.6) is 5.75 Å². The second-order valence-electron chi connectivity index (χ2n) is 5.55. The lowest BCUT2D eigenvalue weighted by atomic mass is 9.91. The molecule has 0 heterocycles. The van der Waals surface area contributed by atoms with Gasteiger partial charge in [0.2, 0.25) is 0 Å². The third kappa shape index (κ3) is 4.12. The van der Waals surface area contributed by atoms with Crippen molar-refractivity contribution in [3.8, 4) is 5.75 Å². The van der Waals surface area contributed by atoms with Gasteiger partial charge in [-0.2, -0.15) is 5.10 Å². The molecule has 4 nitrogen and oxygen atoms in total. The molecule has 0 aromatic heterocycles. The molecule has 0 saturated carbocycles. The molecular weight excluding hydrogens is 312 g/mol. The van der Waals surface area contributed by atoms with E-state index >= 15 is 0 Å². The average molecular weight is 330 g/mol. The number of hydrogen-bond acceptors (Lipinski definition) is 3. The number of hydrazone groups is 1. The Morgan fingerprint density at radius 1 is 0.840 bits per heavy atom. The Balaban J connectivity index is 1.82. The van der Waals surface area contributed by atoms with Crippen molar-refractivity contribution in [3.63, 3.8) is 0 Å². The summed E-state index contributed by atoms with van der Waals surface area (Å²) in [4.78, 5) is 12.7. The highest BCUT2D eigenvalue weighted by atomic mass is 16.3. The van der Waals surface area contributed by atoms with Crippen LogP contribution in [0.4, 0.5) is 0 Å². The Kier molecular flexibility index (Phi) is 5.22. The van der Waals surface area contributed by atoms with Crippen LogP contribution in [0.1, 0.15) is 22.6 Å². The minimum absolute atomic E-state index is 0.114. The zero-order valence-corrected chi connectivity index (χ0v) is 13.5. The molecule has 0 spiro atoms. The van der Waals surface area contributed by atoms with Crippen molar-refractivity contribution in [3.05, 3.63) is 102 Å². The zero-order chi connectivity index (χ0) is 17.5. The quantitative estimate of drug-likeness (QED) is 0.554. The van der Waals surface area contributed by atoms with Gasteiger partial charge in [-0.1, -0.05) is 72.8 Å². The zero-order valence-electron chi connectivity index (χ0n) is 13.5. The van der Waals surface area contributed by atoms with Gasteiger partial charge in [0.05, 0.1) is 12.1 Å². The van der Waals surface area contributed by atoms with E-state index in [0.717, 1.165) is 11.1 Å². The smallest absolute Gasteiger partial charge is 0.252 e. The van der Waals surface area contributed by atoms with E-state index in [1.165, 1.54) is 6.21 Å². The van der Waals surface area contributed by atoms with Gasteiger partial charge in [-0.05, 0) is 23.3 Å². The van der Waals surface area contributed by atoms with Gasteiger partial charge in [-0.15, -0.1) is 0 Å². The predicted molar refractivity (Wildman–Crippen MR) is 98.6 cm³/mol. The van der Waals surface area contributed by atoms with E-state index in [0.29, 0.717) is 5.56 Å².